The average Bonchev–Trinajstić information content (AvgIpc) is 2.62. The van der Waals surface area contributed by atoms with Crippen LogP contribution < -0.4 is 14.4 Å². The van der Waals surface area contributed by atoms with E-state index in [0.29, 0.717) is 12.2 Å². The summed E-state index contributed by atoms with van der Waals surface area (Å²) in [7, 11) is 3.44. The number of carbonyl (C=O) groups is 1. The molecular formula is C20H23NO4. The number of para-hydroxylation sites is 2. The minimum Gasteiger partial charge on any atom is -0.489 e. The van der Waals surface area contributed by atoms with Crippen molar-refractivity contribution in [2.75, 3.05) is 32.2 Å². The van der Waals surface area contributed by atoms with E-state index >= 15 is 0 Å². The Kier molecular flexibility index (Phi) is 4.83. The molecule has 0 bridgehead atoms. The van der Waals surface area contributed by atoms with Gasteiger partial charge in [0.25, 0.3) is 0 Å². The summed E-state index contributed by atoms with van der Waals surface area (Å²) >= 11 is 0. The van der Waals surface area contributed by atoms with Crippen molar-refractivity contribution in [3.63, 3.8) is 0 Å². The van der Waals surface area contributed by atoms with E-state index in [1.54, 1.807) is 6.07 Å². The van der Waals surface area contributed by atoms with E-state index in [0.717, 1.165) is 34.9 Å². The van der Waals surface area contributed by atoms with Crippen molar-refractivity contribution >= 4 is 11.7 Å². The summed E-state index contributed by atoms with van der Waals surface area (Å²) in [6, 6.07) is 11.5. The quantitative estimate of drug-likeness (QED) is 0.798. The molecule has 5 nitrogen and oxygen atoms in total. The van der Waals surface area contributed by atoms with E-state index in [9.17, 15) is 4.79 Å². The van der Waals surface area contributed by atoms with Crippen LogP contribution in [-0.2, 0) is 4.74 Å². The second-order valence-electron chi connectivity index (χ2n) is 6.25. The van der Waals surface area contributed by atoms with Gasteiger partial charge in [-0.2, -0.15) is 0 Å². The lowest BCUT2D eigenvalue weighted by molar-refractivity contribution is 0.0599. The molecule has 0 fully saturated rings. The zero-order valence-corrected chi connectivity index (χ0v) is 15.0. The van der Waals surface area contributed by atoms with Crippen LogP contribution in [0.4, 0.5) is 5.69 Å². The van der Waals surface area contributed by atoms with Crippen LogP contribution in [0.15, 0.2) is 36.4 Å². The molecular weight excluding hydrogens is 318 g/mol. The molecule has 2 aromatic rings. The number of anilines is 1. The van der Waals surface area contributed by atoms with Crippen molar-refractivity contribution in [1.82, 2.24) is 0 Å². The molecule has 5 heteroatoms. The smallest absolute Gasteiger partial charge is 0.338 e. The maximum absolute atomic E-state index is 11.8. The number of fused-ring (bicyclic) bond motifs is 1. The fourth-order valence-corrected chi connectivity index (χ4v) is 3.05. The minimum absolute atomic E-state index is 0.0557. The number of esters is 1. The first-order chi connectivity index (χ1) is 12.0. The van der Waals surface area contributed by atoms with Crippen LogP contribution in [-0.4, -0.2) is 39.4 Å². The normalized spacial score (nSPS) is 16.0. The Balaban J connectivity index is 1.71. The van der Waals surface area contributed by atoms with Gasteiger partial charge < -0.3 is 19.1 Å². The zero-order chi connectivity index (χ0) is 18.0. The van der Waals surface area contributed by atoms with Crippen molar-refractivity contribution in [1.29, 1.82) is 0 Å². The number of benzene rings is 2. The Morgan fingerprint density at radius 3 is 2.72 bits per heavy atom. The van der Waals surface area contributed by atoms with Crippen LogP contribution in [0.1, 0.15) is 21.5 Å². The average molecular weight is 341 g/mol. The van der Waals surface area contributed by atoms with E-state index in [4.69, 9.17) is 14.2 Å². The summed E-state index contributed by atoms with van der Waals surface area (Å²) in [5, 5.41) is 0. The molecule has 25 heavy (non-hydrogen) atoms. The molecule has 0 N–H and O–H groups in total. The predicted octanol–water partition coefficient (Wildman–Crippen LogP) is 3.37. The van der Waals surface area contributed by atoms with Gasteiger partial charge in [-0.05, 0) is 49.2 Å². The fraction of sp³-hybridized carbons (Fsp3) is 0.350. The molecule has 1 aliphatic heterocycles. The maximum atomic E-state index is 11.8. The molecule has 3 rings (SSSR count). The van der Waals surface area contributed by atoms with Crippen molar-refractivity contribution in [2.24, 2.45) is 0 Å². The fourth-order valence-electron chi connectivity index (χ4n) is 3.05. The summed E-state index contributed by atoms with van der Waals surface area (Å²) in [5.41, 5.74) is 3.46. The third-order valence-electron chi connectivity index (χ3n) is 4.62. The molecule has 1 aliphatic rings. The van der Waals surface area contributed by atoms with E-state index < -0.39 is 0 Å². The van der Waals surface area contributed by atoms with Gasteiger partial charge in [-0.25, -0.2) is 4.79 Å². The topological polar surface area (TPSA) is 48.0 Å². The summed E-state index contributed by atoms with van der Waals surface area (Å²) in [5.74, 6) is 1.30. The van der Waals surface area contributed by atoms with Gasteiger partial charge in [0.15, 0.2) is 0 Å². The van der Waals surface area contributed by atoms with Crippen molar-refractivity contribution < 1.29 is 19.0 Å². The Morgan fingerprint density at radius 2 is 1.96 bits per heavy atom. The highest BCUT2D eigenvalue weighted by atomic mass is 16.5. The molecule has 0 aliphatic carbocycles. The number of likely N-dealkylation sites (N-methyl/N-ethyl adjacent to an activating group) is 1. The van der Waals surface area contributed by atoms with Gasteiger partial charge in [0.05, 0.1) is 24.9 Å². The molecule has 0 amide bonds. The predicted molar refractivity (Wildman–Crippen MR) is 96.9 cm³/mol. The number of hydrogen-bond donors (Lipinski definition) is 0. The van der Waals surface area contributed by atoms with Crippen molar-refractivity contribution in [3.05, 3.63) is 53.1 Å². The number of nitrogens with zero attached hydrogens (tertiary/aromatic N) is 1. The Bertz CT molecular complexity index is 787. The largest absolute Gasteiger partial charge is 0.489 e. The maximum Gasteiger partial charge on any atom is 0.338 e. The molecule has 0 radical (unpaired) electrons. The highest BCUT2D eigenvalue weighted by Crippen LogP contribution is 2.32. The van der Waals surface area contributed by atoms with Gasteiger partial charge in [-0.1, -0.05) is 12.1 Å². The monoisotopic (exact) mass is 341 g/mol. The van der Waals surface area contributed by atoms with Gasteiger partial charge in [-0.15, -0.1) is 0 Å². The van der Waals surface area contributed by atoms with Crippen molar-refractivity contribution in [3.8, 4) is 11.5 Å². The Hall–Kier alpha value is -2.69. The van der Waals surface area contributed by atoms with Crippen LogP contribution in [0.5, 0.6) is 11.5 Å². The molecule has 0 saturated carbocycles. The number of ether oxygens (including phenoxy) is 3. The van der Waals surface area contributed by atoms with Crippen molar-refractivity contribution in [2.45, 2.75) is 20.0 Å². The highest BCUT2D eigenvalue weighted by Gasteiger charge is 2.24. The number of rotatable bonds is 4. The molecule has 0 spiro atoms. The highest BCUT2D eigenvalue weighted by molar-refractivity contribution is 5.91. The summed E-state index contributed by atoms with van der Waals surface area (Å²) in [4.78, 5) is 13.9. The molecule has 0 aromatic heterocycles. The number of carbonyl (C=O) groups excluding carboxylic acids is 1. The van der Waals surface area contributed by atoms with Gasteiger partial charge in [-0.3, -0.25) is 0 Å². The van der Waals surface area contributed by atoms with E-state index in [1.165, 1.54) is 7.11 Å². The van der Waals surface area contributed by atoms with Crippen LogP contribution in [0.2, 0.25) is 0 Å². The molecule has 1 atom stereocenters. The number of hydrogen-bond acceptors (Lipinski definition) is 5. The molecule has 1 heterocycles. The van der Waals surface area contributed by atoms with Crippen LogP contribution in [0.25, 0.3) is 0 Å². The molecule has 132 valence electrons. The minimum atomic E-state index is -0.332. The van der Waals surface area contributed by atoms with Crippen LogP contribution in [0, 0.1) is 13.8 Å². The first-order valence-corrected chi connectivity index (χ1v) is 8.29. The molecule has 0 unspecified atom stereocenters. The van der Waals surface area contributed by atoms with E-state index in [1.807, 2.05) is 44.2 Å². The molecule has 0 saturated heterocycles. The van der Waals surface area contributed by atoms with Gasteiger partial charge in [0.1, 0.15) is 24.2 Å². The van der Waals surface area contributed by atoms with Crippen LogP contribution in [0.3, 0.4) is 0 Å². The summed E-state index contributed by atoms with van der Waals surface area (Å²) in [6.45, 7) is 5.04. The molecule has 2 aromatic carbocycles. The lowest BCUT2D eigenvalue weighted by Gasteiger charge is -2.33. The second-order valence-corrected chi connectivity index (χ2v) is 6.25. The lowest BCUT2D eigenvalue weighted by Crippen LogP contribution is -2.41. The van der Waals surface area contributed by atoms with Gasteiger partial charge in [0.2, 0.25) is 0 Å². The van der Waals surface area contributed by atoms with Gasteiger partial charge in [0, 0.05) is 7.05 Å². The lowest BCUT2D eigenvalue weighted by atomic mass is 10.0. The first-order valence-electron chi connectivity index (χ1n) is 8.29. The SMILES string of the molecule is COC(=O)c1ccc(OC[C@@H]2CN(C)c3ccccc3O2)c(C)c1C. The second kappa shape index (κ2) is 7.05. The zero-order valence-electron chi connectivity index (χ0n) is 15.0. The summed E-state index contributed by atoms with van der Waals surface area (Å²) < 4.78 is 16.8. The van der Waals surface area contributed by atoms with Gasteiger partial charge >= 0.3 is 5.97 Å². The van der Waals surface area contributed by atoms with E-state index in [-0.39, 0.29) is 12.1 Å². The Labute approximate surface area is 148 Å². The van der Waals surface area contributed by atoms with E-state index in [2.05, 4.69) is 11.9 Å². The first kappa shape index (κ1) is 17.1. The summed E-state index contributed by atoms with van der Waals surface area (Å²) in [6.07, 6.45) is -0.0557. The Morgan fingerprint density at radius 1 is 1.20 bits per heavy atom. The number of methoxy groups -OCH3 is 1. The standard InChI is InChI=1S/C20H23NO4/c1-13-14(2)18(10-9-16(13)20(22)23-4)24-12-15-11-21(3)17-7-5-6-8-19(17)25-15/h5-10,15H,11-12H2,1-4H3/t15-/m0/s1. The van der Waals surface area contributed by atoms with Crippen LogP contribution >= 0.6 is 0 Å². The third kappa shape index (κ3) is 3.40. The third-order valence-corrected chi connectivity index (χ3v) is 4.62.